The molecule has 3 N–H and O–H groups in total. The molecule has 1 aliphatic rings. The highest BCUT2D eigenvalue weighted by Gasteiger charge is 2.34. The standard InChI is InChI=1S/C21H24FN3O3/c1-13-8-16(10-17(22)9-13)21(28)25-18-11-15(2-3-19(18)26)20(27)24-12-14-4-6-23-7-5-14/h4-10,15,18-19,26H,2-3,11-12H2,1H3,(H,24,27)(H,25,28)/t15-,18+,19+/m0/s1. The fourth-order valence-electron chi connectivity index (χ4n) is 3.50. The van der Waals surface area contributed by atoms with Crippen LogP contribution in [0.3, 0.4) is 0 Å². The molecule has 7 heteroatoms. The van der Waals surface area contributed by atoms with Crippen molar-refractivity contribution in [2.45, 2.75) is 44.9 Å². The fraction of sp³-hybridized carbons (Fsp3) is 0.381. The molecule has 0 aliphatic heterocycles. The average Bonchev–Trinajstić information content (AvgIpc) is 2.67. The molecule has 1 aromatic carbocycles. The van der Waals surface area contributed by atoms with Gasteiger partial charge in [0.15, 0.2) is 0 Å². The third-order valence-corrected chi connectivity index (χ3v) is 5.02. The van der Waals surface area contributed by atoms with Gasteiger partial charge in [-0.1, -0.05) is 0 Å². The molecule has 3 atom stereocenters. The summed E-state index contributed by atoms with van der Waals surface area (Å²) in [5.41, 5.74) is 1.79. The van der Waals surface area contributed by atoms with Crippen LogP contribution in [-0.4, -0.2) is 34.1 Å². The van der Waals surface area contributed by atoms with Crippen LogP contribution in [-0.2, 0) is 11.3 Å². The quantitative estimate of drug-likeness (QED) is 0.735. The van der Waals surface area contributed by atoms with Gasteiger partial charge in [-0.15, -0.1) is 0 Å². The number of hydrogen-bond donors (Lipinski definition) is 3. The van der Waals surface area contributed by atoms with Crippen molar-refractivity contribution < 1.29 is 19.1 Å². The Morgan fingerprint density at radius 3 is 2.68 bits per heavy atom. The molecule has 0 saturated heterocycles. The topological polar surface area (TPSA) is 91.3 Å². The lowest BCUT2D eigenvalue weighted by Crippen LogP contribution is -2.49. The van der Waals surface area contributed by atoms with Crippen LogP contribution in [0.4, 0.5) is 4.39 Å². The molecule has 1 heterocycles. The summed E-state index contributed by atoms with van der Waals surface area (Å²) in [5.74, 6) is -1.35. The second kappa shape index (κ2) is 8.93. The summed E-state index contributed by atoms with van der Waals surface area (Å²) in [7, 11) is 0. The lowest BCUT2D eigenvalue weighted by Gasteiger charge is -2.33. The van der Waals surface area contributed by atoms with Crippen LogP contribution < -0.4 is 10.6 Å². The highest BCUT2D eigenvalue weighted by molar-refractivity contribution is 5.94. The monoisotopic (exact) mass is 385 g/mol. The number of nitrogens with zero attached hydrogens (tertiary/aromatic N) is 1. The molecule has 6 nitrogen and oxygen atoms in total. The first-order valence-corrected chi connectivity index (χ1v) is 9.35. The second-order valence-corrected chi connectivity index (χ2v) is 7.25. The van der Waals surface area contributed by atoms with E-state index in [9.17, 15) is 19.1 Å². The van der Waals surface area contributed by atoms with Crippen LogP contribution in [0.5, 0.6) is 0 Å². The predicted octanol–water partition coefficient (Wildman–Crippen LogP) is 2.10. The predicted molar refractivity (Wildman–Crippen MR) is 102 cm³/mol. The first-order chi connectivity index (χ1) is 13.4. The van der Waals surface area contributed by atoms with E-state index in [-0.39, 0.29) is 17.4 Å². The Morgan fingerprint density at radius 1 is 1.21 bits per heavy atom. The van der Waals surface area contributed by atoms with Gasteiger partial charge in [-0.2, -0.15) is 0 Å². The molecule has 0 radical (unpaired) electrons. The van der Waals surface area contributed by atoms with Crippen LogP contribution in [0.2, 0.25) is 0 Å². The van der Waals surface area contributed by atoms with Crippen molar-refractivity contribution in [1.29, 1.82) is 0 Å². The Kier molecular flexibility index (Phi) is 6.36. The second-order valence-electron chi connectivity index (χ2n) is 7.25. The van der Waals surface area contributed by atoms with E-state index in [1.807, 2.05) is 12.1 Å². The number of carbonyl (C=O) groups is 2. The molecule has 3 rings (SSSR count). The third-order valence-electron chi connectivity index (χ3n) is 5.02. The number of aliphatic hydroxyl groups excluding tert-OH is 1. The van der Waals surface area contributed by atoms with Crippen molar-refractivity contribution >= 4 is 11.8 Å². The lowest BCUT2D eigenvalue weighted by atomic mass is 9.83. The summed E-state index contributed by atoms with van der Waals surface area (Å²) < 4.78 is 13.6. The SMILES string of the molecule is Cc1cc(F)cc(C(=O)N[C@@H]2C[C@@H](C(=O)NCc3ccncc3)CC[C@H]2O)c1. The van der Waals surface area contributed by atoms with E-state index in [1.54, 1.807) is 25.4 Å². The zero-order valence-corrected chi connectivity index (χ0v) is 15.7. The van der Waals surface area contributed by atoms with Crippen LogP contribution in [0.1, 0.15) is 40.7 Å². The summed E-state index contributed by atoms with van der Waals surface area (Å²) in [6.07, 6.45) is 3.90. The van der Waals surface area contributed by atoms with Crippen LogP contribution >= 0.6 is 0 Å². The van der Waals surface area contributed by atoms with Crippen molar-refractivity contribution in [3.63, 3.8) is 0 Å². The molecule has 1 aliphatic carbocycles. The third kappa shape index (κ3) is 5.13. The number of amides is 2. The maximum Gasteiger partial charge on any atom is 0.251 e. The summed E-state index contributed by atoms with van der Waals surface area (Å²) in [6.45, 7) is 2.11. The summed E-state index contributed by atoms with van der Waals surface area (Å²) in [4.78, 5) is 28.9. The average molecular weight is 385 g/mol. The van der Waals surface area contributed by atoms with Crippen LogP contribution in [0.15, 0.2) is 42.7 Å². The van der Waals surface area contributed by atoms with Gasteiger partial charge in [-0.25, -0.2) is 4.39 Å². The normalized spacial score (nSPS) is 21.8. The number of aryl methyl sites for hydroxylation is 1. The number of rotatable bonds is 5. The minimum absolute atomic E-state index is 0.107. The molecule has 0 bridgehead atoms. The minimum atomic E-state index is -0.733. The molecule has 2 aromatic rings. The van der Waals surface area contributed by atoms with Gasteiger partial charge in [0.05, 0.1) is 12.1 Å². The van der Waals surface area contributed by atoms with E-state index in [1.165, 1.54) is 6.07 Å². The van der Waals surface area contributed by atoms with Crippen molar-refractivity contribution in [3.05, 3.63) is 65.2 Å². The van der Waals surface area contributed by atoms with Gasteiger partial charge < -0.3 is 15.7 Å². The Balaban J connectivity index is 1.59. The van der Waals surface area contributed by atoms with E-state index in [2.05, 4.69) is 15.6 Å². The molecule has 2 amide bonds. The lowest BCUT2D eigenvalue weighted by molar-refractivity contribution is -0.127. The Labute approximate surface area is 163 Å². The maximum absolute atomic E-state index is 13.6. The molecular formula is C21H24FN3O3. The van der Waals surface area contributed by atoms with E-state index in [0.29, 0.717) is 31.4 Å². The summed E-state index contributed by atoms with van der Waals surface area (Å²) >= 11 is 0. The summed E-state index contributed by atoms with van der Waals surface area (Å²) in [6, 6.07) is 7.20. The Morgan fingerprint density at radius 2 is 1.96 bits per heavy atom. The van der Waals surface area contributed by atoms with Gasteiger partial charge in [0.2, 0.25) is 5.91 Å². The van der Waals surface area contributed by atoms with E-state index >= 15 is 0 Å². The van der Waals surface area contributed by atoms with Crippen molar-refractivity contribution in [3.8, 4) is 0 Å². The molecule has 0 unspecified atom stereocenters. The molecule has 1 fully saturated rings. The number of carbonyl (C=O) groups excluding carboxylic acids is 2. The van der Waals surface area contributed by atoms with Gasteiger partial charge in [-0.05, 0) is 67.6 Å². The first kappa shape index (κ1) is 19.9. The number of benzene rings is 1. The smallest absolute Gasteiger partial charge is 0.251 e. The van der Waals surface area contributed by atoms with Crippen molar-refractivity contribution in [1.82, 2.24) is 15.6 Å². The molecule has 1 saturated carbocycles. The molecule has 148 valence electrons. The molecule has 28 heavy (non-hydrogen) atoms. The van der Waals surface area contributed by atoms with E-state index < -0.39 is 23.9 Å². The van der Waals surface area contributed by atoms with Crippen molar-refractivity contribution in [2.24, 2.45) is 5.92 Å². The van der Waals surface area contributed by atoms with Gasteiger partial charge in [0, 0.05) is 30.4 Å². The van der Waals surface area contributed by atoms with Crippen LogP contribution in [0, 0.1) is 18.7 Å². The maximum atomic E-state index is 13.6. The van der Waals surface area contributed by atoms with E-state index in [0.717, 1.165) is 11.6 Å². The zero-order chi connectivity index (χ0) is 20.1. The Hall–Kier alpha value is -2.80. The number of pyridine rings is 1. The number of aliphatic hydroxyl groups is 1. The zero-order valence-electron chi connectivity index (χ0n) is 15.7. The van der Waals surface area contributed by atoms with E-state index in [4.69, 9.17) is 0 Å². The number of aromatic nitrogens is 1. The molecular weight excluding hydrogens is 361 g/mol. The van der Waals surface area contributed by atoms with Crippen molar-refractivity contribution in [2.75, 3.05) is 0 Å². The number of halogens is 1. The highest BCUT2D eigenvalue weighted by Crippen LogP contribution is 2.25. The summed E-state index contributed by atoms with van der Waals surface area (Å²) in [5, 5.41) is 15.9. The highest BCUT2D eigenvalue weighted by atomic mass is 19.1. The number of hydrogen-bond acceptors (Lipinski definition) is 4. The first-order valence-electron chi connectivity index (χ1n) is 9.35. The van der Waals surface area contributed by atoms with Gasteiger partial charge in [0.25, 0.3) is 5.91 Å². The fourth-order valence-corrected chi connectivity index (χ4v) is 3.50. The van der Waals surface area contributed by atoms with Crippen LogP contribution in [0.25, 0.3) is 0 Å². The molecule has 0 spiro atoms. The van der Waals surface area contributed by atoms with Gasteiger partial charge in [-0.3, -0.25) is 14.6 Å². The Bertz CT molecular complexity index is 824. The number of nitrogens with one attached hydrogen (secondary N) is 2. The van der Waals surface area contributed by atoms with Gasteiger partial charge >= 0.3 is 0 Å². The minimum Gasteiger partial charge on any atom is -0.391 e. The van der Waals surface area contributed by atoms with Gasteiger partial charge in [0.1, 0.15) is 5.82 Å². The largest absolute Gasteiger partial charge is 0.391 e. The molecule has 1 aromatic heterocycles.